The zero-order valence-corrected chi connectivity index (χ0v) is 17.9. The molecule has 3 aromatic rings. The minimum atomic E-state index is -0.151. The molecule has 0 N–H and O–H groups in total. The highest BCUT2D eigenvalue weighted by Gasteiger charge is 2.31. The molecule has 0 amide bonds. The number of thiophene rings is 1. The highest BCUT2D eigenvalue weighted by molar-refractivity contribution is 7.25. The molecule has 5 rings (SSSR count). The highest BCUT2D eigenvalue weighted by atomic mass is 32.1. The summed E-state index contributed by atoms with van der Waals surface area (Å²) < 4.78 is 7.30. The van der Waals surface area contributed by atoms with Crippen molar-refractivity contribution in [1.82, 2.24) is 15.0 Å². The molecular formula is C22H28N4OS. The van der Waals surface area contributed by atoms with Crippen molar-refractivity contribution in [3.05, 3.63) is 23.0 Å². The van der Waals surface area contributed by atoms with Crippen molar-refractivity contribution in [2.24, 2.45) is 0 Å². The number of ether oxygens (including phenoxy) is 1. The summed E-state index contributed by atoms with van der Waals surface area (Å²) >= 11 is 1.73. The first-order valence-corrected chi connectivity index (χ1v) is 11.4. The Bertz CT molecular complexity index is 1040. The third-order valence-corrected chi connectivity index (χ3v) is 6.99. The second-order valence-electron chi connectivity index (χ2n) is 8.70. The van der Waals surface area contributed by atoms with Crippen molar-refractivity contribution < 1.29 is 4.74 Å². The zero-order chi connectivity index (χ0) is 19.3. The van der Waals surface area contributed by atoms with Gasteiger partial charge in [-0.3, -0.25) is 0 Å². The number of anilines is 1. The van der Waals surface area contributed by atoms with Crippen molar-refractivity contribution in [1.29, 1.82) is 0 Å². The van der Waals surface area contributed by atoms with Gasteiger partial charge >= 0.3 is 0 Å². The first kappa shape index (κ1) is 18.3. The van der Waals surface area contributed by atoms with E-state index in [0.717, 1.165) is 53.3 Å². The lowest BCUT2D eigenvalue weighted by Gasteiger charge is -2.33. The Morgan fingerprint density at radius 2 is 1.96 bits per heavy atom. The smallest absolute Gasteiger partial charge is 0.225 e. The van der Waals surface area contributed by atoms with Crippen LogP contribution in [0.3, 0.4) is 0 Å². The summed E-state index contributed by atoms with van der Waals surface area (Å²) in [6.45, 7) is 9.36. The van der Waals surface area contributed by atoms with E-state index >= 15 is 0 Å². The van der Waals surface area contributed by atoms with Crippen molar-refractivity contribution in [2.75, 3.05) is 18.0 Å². The van der Waals surface area contributed by atoms with Crippen LogP contribution in [0.1, 0.15) is 63.3 Å². The van der Waals surface area contributed by atoms with Crippen molar-refractivity contribution in [3.63, 3.8) is 0 Å². The number of aromatic nitrogens is 3. The van der Waals surface area contributed by atoms with E-state index < -0.39 is 0 Å². The molecule has 3 aromatic heterocycles. The van der Waals surface area contributed by atoms with Gasteiger partial charge in [0.2, 0.25) is 5.95 Å². The number of hydrogen-bond acceptors (Lipinski definition) is 6. The maximum Gasteiger partial charge on any atom is 0.225 e. The van der Waals surface area contributed by atoms with Gasteiger partial charge in [-0.2, -0.15) is 0 Å². The van der Waals surface area contributed by atoms with E-state index in [2.05, 4.69) is 25.7 Å². The molecule has 28 heavy (non-hydrogen) atoms. The summed E-state index contributed by atoms with van der Waals surface area (Å²) in [4.78, 5) is 18.3. The van der Waals surface area contributed by atoms with Gasteiger partial charge in [-0.15, -0.1) is 11.3 Å². The normalized spacial score (nSPS) is 19.3. The Labute approximate surface area is 170 Å². The quantitative estimate of drug-likeness (QED) is 0.621. The van der Waals surface area contributed by atoms with E-state index in [9.17, 15) is 0 Å². The fourth-order valence-corrected chi connectivity index (χ4v) is 5.57. The SMILES string of the molecule is CCCc1nc2sc3cnc(N4CCCCC4)nc3c2c2c1COC(C)(C)C2. The van der Waals surface area contributed by atoms with Crippen LogP contribution in [0.4, 0.5) is 5.95 Å². The van der Waals surface area contributed by atoms with Crippen LogP contribution in [-0.2, 0) is 24.2 Å². The van der Waals surface area contributed by atoms with Gasteiger partial charge in [-0.25, -0.2) is 15.0 Å². The zero-order valence-electron chi connectivity index (χ0n) is 17.0. The monoisotopic (exact) mass is 396 g/mol. The number of piperidine rings is 1. The highest BCUT2D eigenvalue weighted by Crippen LogP contribution is 2.41. The van der Waals surface area contributed by atoms with Crippen LogP contribution in [0.25, 0.3) is 20.4 Å². The summed E-state index contributed by atoms with van der Waals surface area (Å²) in [5.41, 5.74) is 4.84. The first-order valence-electron chi connectivity index (χ1n) is 10.5. The minimum absolute atomic E-state index is 0.151. The maximum absolute atomic E-state index is 6.16. The Balaban J connectivity index is 1.73. The Morgan fingerprint density at radius 3 is 2.75 bits per heavy atom. The molecule has 0 saturated carbocycles. The number of rotatable bonds is 3. The van der Waals surface area contributed by atoms with Gasteiger partial charge in [-0.05, 0) is 45.1 Å². The van der Waals surface area contributed by atoms with Crippen molar-refractivity contribution in [3.8, 4) is 0 Å². The lowest BCUT2D eigenvalue weighted by Crippen LogP contribution is -2.32. The van der Waals surface area contributed by atoms with Crippen LogP contribution in [0.15, 0.2) is 6.20 Å². The second-order valence-corrected chi connectivity index (χ2v) is 9.73. The molecule has 0 bridgehead atoms. The molecule has 1 fully saturated rings. The largest absolute Gasteiger partial charge is 0.370 e. The fraction of sp³-hybridized carbons (Fsp3) is 0.591. The predicted octanol–water partition coefficient (Wildman–Crippen LogP) is 5.03. The summed E-state index contributed by atoms with van der Waals surface area (Å²) in [5, 5.41) is 1.24. The first-order chi connectivity index (χ1) is 13.6. The van der Waals surface area contributed by atoms with E-state index in [1.807, 2.05) is 6.20 Å². The Morgan fingerprint density at radius 1 is 1.14 bits per heavy atom. The number of hydrogen-bond donors (Lipinski definition) is 0. The van der Waals surface area contributed by atoms with Crippen molar-refractivity contribution >= 4 is 37.7 Å². The maximum atomic E-state index is 6.16. The van der Waals surface area contributed by atoms with Crippen LogP contribution in [0.5, 0.6) is 0 Å². The van der Waals surface area contributed by atoms with Gasteiger partial charge in [0.05, 0.1) is 28.6 Å². The molecule has 0 aliphatic carbocycles. The lowest BCUT2D eigenvalue weighted by molar-refractivity contribution is -0.0401. The average molecular weight is 397 g/mol. The van der Waals surface area contributed by atoms with Gasteiger partial charge < -0.3 is 9.64 Å². The van der Waals surface area contributed by atoms with Crippen LogP contribution in [0, 0.1) is 0 Å². The Kier molecular flexibility index (Phi) is 4.51. The molecule has 5 nitrogen and oxygen atoms in total. The lowest BCUT2D eigenvalue weighted by atomic mass is 9.88. The molecule has 0 radical (unpaired) electrons. The molecule has 1 saturated heterocycles. The molecule has 5 heterocycles. The number of nitrogens with zero attached hydrogens (tertiary/aromatic N) is 4. The second kappa shape index (κ2) is 6.92. The Hall–Kier alpha value is -1.79. The molecule has 2 aliphatic heterocycles. The topological polar surface area (TPSA) is 51.1 Å². The third kappa shape index (κ3) is 3.07. The van der Waals surface area contributed by atoms with Gasteiger partial charge in [0.25, 0.3) is 0 Å². The molecule has 0 unspecified atom stereocenters. The van der Waals surface area contributed by atoms with Crippen molar-refractivity contribution in [2.45, 2.75) is 71.5 Å². The van der Waals surface area contributed by atoms with Gasteiger partial charge in [0, 0.05) is 36.2 Å². The summed E-state index contributed by atoms with van der Waals surface area (Å²) in [5.74, 6) is 0.879. The molecule has 148 valence electrons. The molecule has 0 aromatic carbocycles. The number of fused-ring (bicyclic) bond motifs is 5. The summed E-state index contributed by atoms with van der Waals surface area (Å²) in [6, 6.07) is 0. The molecule has 0 atom stereocenters. The standard InChI is InChI=1S/C22H28N4OS/c1-4-8-16-15-13-27-22(2,3)11-14(15)18-19-17(28-20(18)24-16)12-23-21(25-19)26-9-6-5-7-10-26/h12H,4-11,13H2,1-3H3. The molecule has 6 heteroatoms. The van der Waals surface area contributed by atoms with Crippen LogP contribution in [0.2, 0.25) is 0 Å². The van der Waals surface area contributed by atoms with E-state index in [1.54, 1.807) is 11.3 Å². The van der Waals surface area contributed by atoms with Gasteiger partial charge in [-0.1, -0.05) is 13.3 Å². The predicted molar refractivity (Wildman–Crippen MR) is 115 cm³/mol. The number of pyridine rings is 1. The molecule has 0 spiro atoms. The van der Waals surface area contributed by atoms with E-state index in [0.29, 0.717) is 6.61 Å². The van der Waals surface area contributed by atoms with E-state index in [-0.39, 0.29) is 5.60 Å². The van der Waals surface area contributed by atoms with E-state index in [1.165, 1.54) is 41.5 Å². The molecule has 2 aliphatic rings. The van der Waals surface area contributed by atoms with Crippen LogP contribution >= 0.6 is 11.3 Å². The van der Waals surface area contributed by atoms with E-state index in [4.69, 9.17) is 19.7 Å². The fourth-order valence-electron chi connectivity index (χ4n) is 4.54. The minimum Gasteiger partial charge on any atom is -0.370 e. The third-order valence-electron chi connectivity index (χ3n) is 5.99. The van der Waals surface area contributed by atoms with Gasteiger partial charge in [0.15, 0.2) is 0 Å². The van der Waals surface area contributed by atoms with Crippen LogP contribution < -0.4 is 4.90 Å². The summed E-state index contributed by atoms with van der Waals surface area (Å²) in [6.07, 6.45) is 8.79. The van der Waals surface area contributed by atoms with Gasteiger partial charge in [0.1, 0.15) is 4.83 Å². The number of aryl methyl sites for hydroxylation is 1. The average Bonchev–Trinajstić information content (AvgIpc) is 3.05. The summed E-state index contributed by atoms with van der Waals surface area (Å²) in [7, 11) is 0. The van der Waals surface area contributed by atoms with Crippen LogP contribution in [-0.4, -0.2) is 33.6 Å². The molecular weight excluding hydrogens is 368 g/mol.